The molecule has 3 nitrogen and oxygen atoms in total. The Hall–Kier alpha value is -1.48. The zero-order chi connectivity index (χ0) is 11.1. The van der Waals surface area contributed by atoms with Gasteiger partial charge >= 0.3 is 0 Å². The number of nitrogens with zero attached hydrogens (tertiary/aromatic N) is 1. The second-order valence-electron chi connectivity index (χ2n) is 3.54. The van der Waals surface area contributed by atoms with Crippen LogP contribution in [0.5, 0.6) is 0 Å². The Balaban J connectivity index is 2.59. The van der Waals surface area contributed by atoms with Gasteiger partial charge in [0.1, 0.15) is 0 Å². The van der Waals surface area contributed by atoms with Gasteiger partial charge in [-0.05, 0) is 12.0 Å². The Kier molecular flexibility index (Phi) is 4.71. The summed E-state index contributed by atoms with van der Waals surface area (Å²) in [6.45, 7) is 2.97. The lowest BCUT2D eigenvalue weighted by atomic mass is 10.2. The van der Waals surface area contributed by atoms with Crippen LogP contribution in [0.25, 0.3) is 5.70 Å². The molecule has 1 aromatic carbocycles. The van der Waals surface area contributed by atoms with Crippen molar-refractivity contribution in [1.82, 2.24) is 5.01 Å². The molecule has 0 heterocycles. The monoisotopic (exact) mass is 205 g/mol. The van der Waals surface area contributed by atoms with E-state index < -0.39 is 0 Å². The maximum atomic E-state index is 5.91. The van der Waals surface area contributed by atoms with Crippen molar-refractivity contribution in [2.75, 3.05) is 6.54 Å². The third kappa shape index (κ3) is 4.04. The number of hydrogen-bond donors (Lipinski definition) is 2. The van der Waals surface area contributed by atoms with Crippen molar-refractivity contribution in [1.29, 1.82) is 0 Å². The van der Waals surface area contributed by atoms with E-state index in [-0.39, 0.29) is 0 Å². The number of benzene rings is 1. The highest BCUT2D eigenvalue weighted by molar-refractivity contribution is 5.61. The average molecular weight is 205 g/mol. The first kappa shape index (κ1) is 11.6. The van der Waals surface area contributed by atoms with E-state index in [9.17, 15) is 0 Å². The van der Waals surface area contributed by atoms with E-state index >= 15 is 0 Å². The highest BCUT2D eigenvalue weighted by Crippen LogP contribution is 2.07. The molecule has 0 atom stereocenters. The van der Waals surface area contributed by atoms with Crippen LogP contribution >= 0.6 is 0 Å². The van der Waals surface area contributed by atoms with Gasteiger partial charge in [-0.15, -0.1) is 0 Å². The van der Waals surface area contributed by atoms with Crippen molar-refractivity contribution < 1.29 is 0 Å². The molecule has 0 saturated heterocycles. The van der Waals surface area contributed by atoms with Gasteiger partial charge in [0.15, 0.2) is 0 Å². The molecule has 82 valence electrons. The molecule has 0 radical (unpaired) electrons. The van der Waals surface area contributed by atoms with Crippen molar-refractivity contribution in [3.05, 3.63) is 42.1 Å². The predicted octanol–water partition coefficient (Wildman–Crippen LogP) is 1.92. The predicted molar refractivity (Wildman–Crippen MR) is 64.4 cm³/mol. The summed E-state index contributed by atoms with van der Waals surface area (Å²) in [7, 11) is 0. The molecule has 3 heteroatoms. The third-order valence-corrected chi connectivity index (χ3v) is 2.18. The van der Waals surface area contributed by atoms with E-state index in [2.05, 4.69) is 6.92 Å². The van der Waals surface area contributed by atoms with Gasteiger partial charge in [-0.3, -0.25) is 0 Å². The molecule has 0 saturated carbocycles. The highest BCUT2D eigenvalue weighted by Gasteiger charge is 1.97. The molecule has 0 spiro atoms. The fourth-order valence-corrected chi connectivity index (χ4v) is 1.29. The zero-order valence-electron chi connectivity index (χ0n) is 9.19. The molecule has 0 fully saturated rings. The second-order valence-corrected chi connectivity index (χ2v) is 3.54. The molecule has 4 N–H and O–H groups in total. The van der Waals surface area contributed by atoms with Gasteiger partial charge in [0.25, 0.3) is 0 Å². The summed E-state index contributed by atoms with van der Waals surface area (Å²) in [5.41, 5.74) is 7.61. The Morgan fingerprint density at radius 1 is 1.33 bits per heavy atom. The minimum Gasteiger partial charge on any atom is -0.397 e. The molecule has 0 unspecified atom stereocenters. The van der Waals surface area contributed by atoms with Crippen LogP contribution in [-0.4, -0.2) is 11.6 Å². The van der Waals surface area contributed by atoms with Crippen LogP contribution in [0.3, 0.4) is 0 Å². The molecular formula is C12H19N3. The third-order valence-electron chi connectivity index (χ3n) is 2.18. The highest BCUT2D eigenvalue weighted by atomic mass is 15.4. The molecule has 0 amide bonds. The molecule has 0 aliphatic rings. The van der Waals surface area contributed by atoms with Crippen LogP contribution in [0.2, 0.25) is 0 Å². The van der Waals surface area contributed by atoms with Gasteiger partial charge < -0.3 is 10.7 Å². The fraction of sp³-hybridized carbons (Fsp3) is 0.333. The lowest BCUT2D eigenvalue weighted by Crippen LogP contribution is -2.27. The van der Waals surface area contributed by atoms with E-state index in [1.807, 2.05) is 30.3 Å². The fourth-order valence-electron chi connectivity index (χ4n) is 1.29. The number of hydrogen-bond acceptors (Lipinski definition) is 3. The Morgan fingerprint density at radius 3 is 2.60 bits per heavy atom. The van der Waals surface area contributed by atoms with Crippen molar-refractivity contribution >= 4 is 5.70 Å². The van der Waals surface area contributed by atoms with Crippen molar-refractivity contribution in [2.24, 2.45) is 11.6 Å². The van der Waals surface area contributed by atoms with Gasteiger partial charge in [0.2, 0.25) is 0 Å². The number of hydrazine groups is 1. The maximum Gasteiger partial charge on any atom is 0.0564 e. The van der Waals surface area contributed by atoms with Crippen LogP contribution in [0.4, 0.5) is 0 Å². The summed E-state index contributed by atoms with van der Waals surface area (Å²) in [5, 5.41) is 1.64. The van der Waals surface area contributed by atoms with E-state index in [0.717, 1.165) is 24.9 Å². The van der Waals surface area contributed by atoms with Crippen molar-refractivity contribution in [3.63, 3.8) is 0 Å². The van der Waals surface area contributed by atoms with Crippen molar-refractivity contribution in [2.45, 2.75) is 19.8 Å². The average Bonchev–Trinajstić information content (AvgIpc) is 2.27. The summed E-state index contributed by atoms with van der Waals surface area (Å²) in [5.74, 6) is 5.77. The molecule has 15 heavy (non-hydrogen) atoms. The maximum absolute atomic E-state index is 5.91. The van der Waals surface area contributed by atoms with Crippen LogP contribution in [0.15, 0.2) is 36.5 Å². The first-order chi connectivity index (χ1) is 7.24. The Morgan fingerprint density at radius 2 is 2.00 bits per heavy atom. The normalized spacial score (nSPS) is 11.5. The summed E-state index contributed by atoms with van der Waals surface area (Å²) in [6, 6.07) is 9.83. The lowest BCUT2D eigenvalue weighted by molar-refractivity contribution is 0.385. The van der Waals surface area contributed by atoms with Gasteiger partial charge in [-0.2, -0.15) is 0 Å². The Labute approximate surface area is 91.3 Å². The van der Waals surface area contributed by atoms with E-state index in [4.69, 9.17) is 11.6 Å². The summed E-state index contributed by atoms with van der Waals surface area (Å²) in [4.78, 5) is 0. The van der Waals surface area contributed by atoms with Crippen LogP contribution in [0, 0.1) is 0 Å². The first-order valence-electron chi connectivity index (χ1n) is 5.28. The first-order valence-corrected chi connectivity index (χ1v) is 5.28. The molecule has 0 aliphatic heterocycles. The summed E-state index contributed by atoms with van der Waals surface area (Å²) < 4.78 is 0. The van der Waals surface area contributed by atoms with E-state index in [1.54, 1.807) is 11.2 Å². The number of rotatable bonds is 5. The standard InChI is InChI=1S/C12H19N3/c1-2-3-9-15(14)10-12(13)11-7-5-4-6-8-11/h4-8,10H,2-3,9,13-14H2,1H3/b12-10-. The second kappa shape index (κ2) is 6.09. The quantitative estimate of drug-likeness (QED) is 0.570. The van der Waals surface area contributed by atoms with Gasteiger partial charge in [-0.1, -0.05) is 43.7 Å². The van der Waals surface area contributed by atoms with Gasteiger partial charge in [0.05, 0.1) is 5.70 Å². The van der Waals surface area contributed by atoms with E-state index in [0.29, 0.717) is 5.70 Å². The zero-order valence-corrected chi connectivity index (χ0v) is 9.19. The van der Waals surface area contributed by atoms with Crippen LogP contribution in [-0.2, 0) is 0 Å². The van der Waals surface area contributed by atoms with Gasteiger partial charge in [-0.25, -0.2) is 5.84 Å². The topological polar surface area (TPSA) is 55.3 Å². The molecular weight excluding hydrogens is 186 g/mol. The SMILES string of the molecule is CCCCN(N)/C=C(\N)c1ccccc1. The molecule has 0 aromatic heterocycles. The lowest BCUT2D eigenvalue weighted by Gasteiger charge is -2.14. The largest absolute Gasteiger partial charge is 0.397 e. The molecule has 0 bridgehead atoms. The van der Waals surface area contributed by atoms with Crippen LogP contribution < -0.4 is 11.6 Å². The smallest absolute Gasteiger partial charge is 0.0564 e. The van der Waals surface area contributed by atoms with Gasteiger partial charge in [0, 0.05) is 12.7 Å². The summed E-state index contributed by atoms with van der Waals surface area (Å²) >= 11 is 0. The number of nitrogens with two attached hydrogens (primary N) is 2. The number of unbranched alkanes of at least 4 members (excludes halogenated alkanes) is 1. The van der Waals surface area contributed by atoms with Crippen LogP contribution in [0.1, 0.15) is 25.3 Å². The minimum absolute atomic E-state index is 0.703. The minimum atomic E-state index is 0.703. The molecule has 1 aromatic rings. The Bertz CT molecular complexity index is 306. The summed E-state index contributed by atoms with van der Waals surface area (Å²) in [6.07, 6.45) is 3.99. The molecule has 0 aliphatic carbocycles. The van der Waals surface area contributed by atoms with E-state index in [1.165, 1.54) is 0 Å². The molecule has 1 rings (SSSR count). The van der Waals surface area contributed by atoms with Crippen molar-refractivity contribution in [3.8, 4) is 0 Å².